The molecule has 3 nitrogen and oxygen atoms in total. The van der Waals surface area contributed by atoms with Crippen molar-refractivity contribution in [3.8, 4) is 5.75 Å². The lowest BCUT2D eigenvalue weighted by molar-refractivity contribution is 0.238. The Morgan fingerprint density at radius 2 is 1.83 bits per heavy atom. The van der Waals surface area contributed by atoms with E-state index in [9.17, 15) is 0 Å². The molecule has 0 saturated carbocycles. The van der Waals surface area contributed by atoms with E-state index in [0.29, 0.717) is 0 Å². The van der Waals surface area contributed by atoms with Gasteiger partial charge in [0.15, 0.2) is 0 Å². The maximum atomic E-state index is 6.19. The fraction of sp³-hybridized carbons (Fsp3) is 0.571. The van der Waals surface area contributed by atoms with Gasteiger partial charge in [0.25, 0.3) is 0 Å². The van der Waals surface area contributed by atoms with Crippen LogP contribution >= 0.6 is 12.4 Å². The molecule has 1 aromatic carbocycles. The van der Waals surface area contributed by atoms with E-state index in [1.165, 1.54) is 0 Å². The zero-order valence-electron chi connectivity index (χ0n) is 11.3. The molecule has 0 spiro atoms. The van der Waals surface area contributed by atoms with Crippen LogP contribution in [0.1, 0.15) is 44.7 Å². The molecule has 0 aromatic heterocycles. The predicted molar refractivity (Wildman–Crippen MR) is 79.3 cm³/mol. The highest BCUT2D eigenvalue weighted by Crippen LogP contribution is 2.27. The van der Waals surface area contributed by atoms with E-state index in [1.54, 1.807) is 0 Å². The lowest BCUT2D eigenvalue weighted by Crippen LogP contribution is -2.14. The van der Waals surface area contributed by atoms with Gasteiger partial charge in [0.2, 0.25) is 0 Å². The molecule has 0 fully saturated rings. The highest BCUT2D eigenvalue weighted by atomic mass is 35.5. The molecule has 1 rings (SSSR count). The fourth-order valence-electron chi connectivity index (χ4n) is 1.81. The van der Waals surface area contributed by atoms with Crippen LogP contribution in [0.15, 0.2) is 24.3 Å². The number of benzene rings is 1. The molecule has 0 aliphatic carbocycles. The Labute approximate surface area is 116 Å². The standard InChI is InChI=1S/C14H24N2O.ClH/c1-11(2)17-14-9-4-3-7-12(14)13(16)8-5-6-10-15;/h3-4,7,9,11,13H,5-6,8,10,15-16H2,1-2H3;1H/t13-;/m0./s1. The summed E-state index contributed by atoms with van der Waals surface area (Å²) in [5.74, 6) is 0.905. The monoisotopic (exact) mass is 272 g/mol. The molecule has 0 unspecified atom stereocenters. The third kappa shape index (κ3) is 5.71. The van der Waals surface area contributed by atoms with Crippen molar-refractivity contribution in [1.82, 2.24) is 0 Å². The lowest BCUT2D eigenvalue weighted by atomic mass is 10.0. The lowest BCUT2D eigenvalue weighted by Gasteiger charge is -2.18. The van der Waals surface area contributed by atoms with E-state index in [4.69, 9.17) is 16.2 Å². The van der Waals surface area contributed by atoms with E-state index >= 15 is 0 Å². The molecule has 4 heteroatoms. The third-order valence-electron chi connectivity index (χ3n) is 2.65. The normalized spacial score (nSPS) is 12.1. The van der Waals surface area contributed by atoms with E-state index in [-0.39, 0.29) is 24.6 Å². The van der Waals surface area contributed by atoms with Crippen LogP contribution in [0.25, 0.3) is 0 Å². The minimum atomic E-state index is 0. The number of hydrogen-bond acceptors (Lipinski definition) is 3. The highest BCUT2D eigenvalue weighted by molar-refractivity contribution is 5.85. The van der Waals surface area contributed by atoms with Gasteiger partial charge < -0.3 is 16.2 Å². The Bertz CT molecular complexity index is 331. The summed E-state index contributed by atoms with van der Waals surface area (Å²) in [4.78, 5) is 0. The quantitative estimate of drug-likeness (QED) is 0.750. The smallest absolute Gasteiger partial charge is 0.124 e. The highest BCUT2D eigenvalue weighted by Gasteiger charge is 2.12. The molecule has 0 heterocycles. The van der Waals surface area contributed by atoms with Crippen LogP contribution in [0.5, 0.6) is 5.75 Å². The van der Waals surface area contributed by atoms with Gasteiger partial charge in [-0.05, 0) is 39.3 Å². The largest absolute Gasteiger partial charge is 0.491 e. The molecule has 0 amide bonds. The molecule has 1 aromatic rings. The second kappa shape index (κ2) is 9.20. The van der Waals surface area contributed by atoms with Crippen LogP contribution in [0.3, 0.4) is 0 Å². The topological polar surface area (TPSA) is 61.3 Å². The molecule has 104 valence electrons. The van der Waals surface area contributed by atoms with E-state index in [0.717, 1.165) is 37.1 Å². The number of unbranched alkanes of at least 4 members (excludes halogenated alkanes) is 1. The Kier molecular flexibility index (Phi) is 8.81. The zero-order chi connectivity index (χ0) is 12.7. The van der Waals surface area contributed by atoms with E-state index in [1.807, 2.05) is 38.1 Å². The van der Waals surface area contributed by atoms with Gasteiger partial charge in [0.05, 0.1) is 6.10 Å². The van der Waals surface area contributed by atoms with Gasteiger partial charge in [0, 0.05) is 11.6 Å². The number of rotatable bonds is 7. The van der Waals surface area contributed by atoms with Crippen LogP contribution in [-0.2, 0) is 0 Å². The first-order valence-electron chi connectivity index (χ1n) is 6.36. The second-order valence-electron chi connectivity index (χ2n) is 4.60. The first-order chi connectivity index (χ1) is 8.15. The van der Waals surface area contributed by atoms with Crippen LogP contribution in [0, 0.1) is 0 Å². The van der Waals surface area contributed by atoms with Crippen molar-refractivity contribution in [2.24, 2.45) is 11.5 Å². The first kappa shape index (κ1) is 17.2. The van der Waals surface area contributed by atoms with E-state index in [2.05, 4.69) is 0 Å². The minimum Gasteiger partial charge on any atom is -0.491 e. The second-order valence-corrected chi connectivity index (χ2v) is 4.60. The van der Waals surface area contributed by atoms with Gasteiger partial charge in [-0.2, -0.15) is 0 Å². The van der Waals surface area contributed by atoms with Gasteiger partial charge in [-0.15, -0.1) is 12.4 Å². The van der Waals surface area contributed by atoms with Gasteiger partial charge in [-0.1, -0.05) is 24.6 Å². The predicted octanol–water partition coefficient (Wildman–Crippen LogP) is 3.02. The van der Waals surface area contributed by atoms with Gasteiger partial charge in [-0.25, -0.2) is 0 Å². The summed E-state index contributed by atoms with van der Waals surface area (Å²) < 4.78 is 5.77. The van der Waals surface area contributed by atoms with Crippen molar-refractivity contribution in [3.05, 3.63) is 29.8 Å². The Hall–Kier alpha value is -0.770. The molecular weight excluding hydrogens is 248 g/mol. The number of halogens is 1. The zero-order valence-corrected chi connectivity index (χ0v) is 12.1. The average Bonchev–Trinajstić information content (AvgIpc) is 2.29. The van der Waals surface area contributed by atoms with Crippen molar-refractivity contribution < 1.29 is 4.74 Å². The Morgan fingerprint density at radius 1 is 1.17 bits per heavy atom. The SMILES string of the molecule is CC(C)Oc1ccccc1[C@@H](N)CCCCN.Cl. The molecule has 0 saturated heterocycles. The Morgan fingerprint density at radius 3 is 2.44 bits per heavy atom. The summed E-state index contributed by atoms with van der Waals surface area (Å²) in [6.45, 7) is 4.78. The van der Waals surface area contributed by atoms with Crippen molar-refractivity contribution in [3.63, 3.8) is 0 Å². The van der Waals surface area contributed by atoms with Crippen molar-refractivity contribution in [1.29, 1.82) is 0 Å². The summed E-state index contributed by atoms with van der Waals surface area (Å²) in [5, 5.41) is 0. The Balaban J connectivity index is 0.00000289. The van der Waals surface area contributed by atoms with Crippen molar-refractivity contribution in [2.45, 2.75) is 45.3 Å². The van der Waals surface area contributed by atoms with Gasteiger partial charge >= 0.3 is 0 Å². The number of ether oxygens (including phenoxy) is 1. The number of para-hydroxylation sites is 1. The van der Waals surface area contributed by atoms with Crippen LogP contribution in [0.4, 0.5) is 0 Å². The van der Waals surface area contributed by atoms with Crippen molar-refractivity contribution in [2.75, 3.05) is 6.54 Å². The van der Waals surface area contributed by atoms with E-state index < -0.39 is 0 Å². The minimum absolute atomic E-state index is 0. The maximum absolute atomic E-state index is 6.19. The van der Waals surface area contributed by atoms with Gasteiger partial charge in [-0.3, -0.25) is 0 Å². The molecule has 4 N–H and O–H groups in total. The summed E-state index contributed by atoms with van der Waals surface area (Å²) in [6.07, 6.45) is 3.22. The maximum Gasteiger partial charge on any atom is 0.124 e. The van der Waals surface area contributed by atoms with Gasteiger partial charge in [0.1, 0.15) is 5.75 Å². The van der Waals surface area contributed by atoms with Crippen LogP contribution in [-0.4, -0.2) is 12.6 Å². The molecular formula is C14H25ClN2O. The first-order valence-corrected chi connectivity index (χ1v) is 6.36. The molecule has 0 aliphatic heterocycles. The van der Waals surface area contributed by atoms with Crippen LogP contribution < -0.4 is 16.2 Å². The summed E-state index contributed by atoms with van der Waals surface area (Å²) in [5.41, 5.74) is 12.8. The summed E-state index contributed by atoms with van der Waals surface area (Å²) >= 11 is 0. The average molecular weight is 273 g/mol. The van der Waals surface area contributed by atoms with Crippen LogP contribution in [0.2, 0.25) is 0 Å². The van der Waals surface area contributed by atoms with Crippen molar-refractivity contribution >= 4 is 12.4 Å². The number of nitrogens with two attached hydrogens (primary N) is 2. The summed E-state index contributed by atoms with van der Waals surface area (Å²) in [7, 11) is 0. The summed E-state index contributed by atoms with van der Waals surface area (Å²) in [6, 6.07) is 8.05. The molecule has 18 heavy (non-hydrogen) atoms. The number of hydrogen-bond donors (Lipinski definition) is 2. The fourth-order valence-corrected chi connectivity index (χ4v) is 1.81. The molecule has 0 bridgehead atoms. The molecule has 0 radical (unpaired) electrons. The molecule has 0 aliphatic rings. The molecule has 1 atom stereocenters. The third-order valence-corrected chi connectivity index (χ3v) is 2.65.